The van der Waals surface area contributed by atoms with Crippen molar-refractivity contribution in [2.45, 2.75) is 26.3 Å². The van der Waals surface area contributed by atoms with Crippen molar-refractivity contribution in [1.29, 1.82) is 0 Å². The molecule has 0 aliphatic carbocycles. The monoisotopic (exact) mass is 420 g/mol. The first-order valence-corrected chi connectivity index (χ1v) is 11.1. The Hall–Kier alpha value is -2.74. The maximum Gasteiger partial charge on any atom is 0.241 e. The molecule has 0 bridgehead atoms. The van der Waals surface area contributed by atoms with E-state index in [1.54, 1.807) is 18.2 Å². The summed E-state index contributed by atoms with van der Waals surface area (Å²) in [4.78, 5) is 12.7. The average Bonchev–Trinajstić information content (AvgIpc) is 2.69. The molecule has 8 heteroatoms. The Kier molecular flexibility index (Phi) is 7.50. The summed E-state index contributed by atoms with van der Waals surface area (Å²) in [5, 5.41) is 2.92. The second kappa shape index (κ2) is 9.65. The standard InChI is InChI=1S/C21H28N2O5S/c1-6-18(16-9-7-15(2)8-10-16)22-21(24)14-23(29(5,25)26)19-12-11-17(27-3)13-20(19)28-4/h7-13,18H,6,14H2,1-5H3,(H,22,24)/t18-/m1/s1. The van der Waals surface area contributed by atoms with E-state index in [0.717, 1.165) is 21.7 Å². The van der Waals surface area contributed by atoms with E-state index in [9.17, 15) is 13.2 Å². The van der Waals surface area contributed by atoms with Crippen LogP contribution in [-0.4, -0.2) is 41.3 Å². The summed E-state index contributed by atoms with van der Waals surface area (Å²) in [6, 6.07) is 12.4. The molecule has 1 amide bonds. The minimum absolute atomic E-state index is 0.206. The SMILES string of the molecule is CC[C@@H](NC(=O)CN(c1ccc(OC)cc1OC)S(C)(=O)=O)c1ccc(C)cc1. The normalized spacial score (nSPS) is 12.2. The van der Waals surface area contributed by atoms with E-state index in [2.05, 4.69) is 5.32 Å². The summed E-state index contributed by atoms with van der Waals surface area (Å²) < 4.78 is 36.3. The van der Waals surface area contributed by atoms with Gasteiger partial charge in [-0.2, -0.15) is 0 Å². The second-order valence-electron chi connectivity index (χ2n) is 6.75. The number of hydrogen-bond acceptors (Lipinski definition) is 5. The van der Waals surface area contributed by atoms with Gasteiger partial charge < -0.3 is 14.8 Å². The van der Waals surface area contributed by atoms with Crippen LogP contribution in [0, 0.1) is 6.92 Å². The number of nitrogens with zero attached hydrogens (tertiary/aromatic N) is 1. The van der Waals surface area contributed by atoms with Crippen LogP contribution in [-0.2, 0) is 14.8 Å². The number of aryl methyl sites for hydroxylation is 1. The molecule has 2 rings (SSSR count). The predicted octanol–water partition coefficient (Wildman–Crippen LogP) is 3.05. The molecule has 29 heavy (non-hydrogen) atoms. The van der Waals surface area contributed by atoms with Crippen molar-refractivity contribution >= 4 is 21.6 Å². The Morgan fingerprint density at radius 1 is 1.10 bits per heavy atom. The zero-order chi connectivity index (χ0) is 21.6. The molecule has 0 aliphatic rings. The molecule has 2 aromatic rings. The molecule has 7 nitrogen and oxygen atoms in total. The third-order valence-electron chi connectivity index (χ3n) is 4.57. The van der Waals surface area contributed by atoms with Gasteiger partial charge in [0.1, 0.15) is 18.0 Å². The maximum absolute atomic E-state index is 12.7. The molecule has 0 saturated heterocycles. The molecular formula is C21H28N2O5S. The number of ether oxygens (including phenoxy) is 2. The number of amides is 1. The van der Waals surface area contributed by atoms with E-state index in [0.29, 0.717) is 17.9 Å². The maximum atomic E-state index is 12.7. The van der Waals surface area contributed by atoms with Gasteiger partial charge in [0.15, 0.2) is 0 Å². The molecule has 0 spiro atoms. The highest BCUT2D eigenvalue weighted by molar-refractivity contribution is 7.92. The van der Waals surface area contributed by atoms with Crippen molar-refractivity contribution in [3.63, 3.8) is 0 Å². The fourth-order valence-electron chi connectivity index (χ4n) is 2.96. The van der Waals surface area contributed by atoms with E-state index in [-0.39, 0.29) is 18.3 Å². The van der Waals surface area contributed by atoms with Crippen molar-refractivity contribution in [3.8, 4) is 11.5 Å². The van der Waals surface area contributed by atoms with Crippen LogP contribution in [0.25, 0.3) is 0 Å². The van der Waals surface area contributed by atoms with Gasteiger partial charge in [-0.25, -0.2) is 8.42 Å². The van der Waals surface area contributed by atoms with E-state index in [4.69, 9.17) is 9.47 Å². The van der Waals surface area contributed by atoms with E-state index in [1.165, 1.54) is 14.2 Å². The molecule has 0 heterocycles. The van der Waals surface area contributed by atoms with Gasteiger partial charge in [-0.05, 0) is 31.0 Å². The molecule has 0 aliphatic heterocycles. The number of nitrogens with one attached hydrogen (secondary N) is 1. The van der Waals surface area contributed by atoms with Gasteiger partial charge in [0, 0.05) is 6.07 Å². The molecule has 0 unspecified atom stereocenters. The second-order valence-corrected chi connectivity index (χ2v) is 8.65. The van der Waals surface area contributed by atoms with Crippen molar-refractivity contribution in [1.82, 2.24) is 5.32 Å². The molecule has 0 aromatic heterocycles. The van der Waals surface area contributed by atoms with Crippen molar-refractivity contribution in [2.24, 2.45) is 0 Å². The zero-order valence-electron chi connectivity index (χ0n) is 17.4. The summed E-state index contributed by atoms with van der Waals surface area (Å²) in [5.74, 6) is 0.419. The lowest BCUT2D eigenvalue weighted by atomic mass is 10.0. The van der Waals surface area contributed by atoms with Crippen LogP contribution in [0.5, 0.6) is 11.5 Å². The molecule has 2 aromatic carbocycles. The van der Waals surface area contributed by atoms with Crippen LogP contribution in [0.3, 0.4) is 0 Å². The van der Waals surface area contributed by atoms with Gasteiger partial charge in [0.05, 0.1) is 32.2 Å². The van der Waals surface area contributed by atoms with E-state index >= 15 is 0 Å². The summed E-state index contributed by atoms with van der Waals surface area (Å²) in [7, 11) is -0.786. The molecular weight excluding hydrogens is 392 g/mol. The first kappa shape index (κ1) is 22.5. The van der Waals surface area contributed by atoms with Crippen molar-refractivity contribution in [3.05, 3.63) is 53.6 Å². The lowest BCUT2D eigenvalue weighted by Gasteiger charge is -2.25. The fourth-order valence-corrected chi connectivity index (χ4v) is 3.82. The van der Waals surface area contributed by atoms with Crippen LogP contribution in [0.4, 0.5) is 5.69 Å². The van der Waals surface area contributed by atoms with Crippen molar-refractivity contribution < 1.29 is 22.7 Å². The minimum atomic E-state index is -3.73. The highest BCUT2D eigenvalue weighted by Crippen LogP contribution is 2.33. The first-order valence-electron chi connectivity index (χ1n) is 9.25. The number of hydrogen-bond donors (Lipinski definition) is 1. The average molecular weight is 421 g/mol. The number of anilines is 1. The van der Waals surface area contributed by atoms with Gasteiger partial charge in [-0.1, -0.05) is 36.8 Å². The van der Waals surface area contributed by atoms with Gasteiger partial charge in [0.2, 0.25) is 15.9 Å². The minimum Gasteiger partial charge on any atom is -0.497 e. The van der Waals surface area contributed by atoms with Crippen LogP contribution < -0.4 is 19.1 Å². The molecule has 0 radical (unpaired) electrons. The van der Waals surface area contributed by atoms with Crippen LogP contribution in [0.1, 0.15) is 30.5 Å². The smallest absolute Gasteiger partial charge is 0.241 e. The fraction of sp³-hybridized carbons (Fsp3) is 0.381. The summed E-state index contributed by atoms with van der Waals surface area (Å²) in [6.45, 7) is 3.60. The van der Waals surface area contributed by atoms with Crippen LogP contribution in [0.15, 0.2) is 42.5 Å². The number of rotatable bonds is 9. The van der Waals surface area contributed by atoms with Gasteiger partial charge in [-0.15, -0.1) is 0 Å². The predicted molar refractivity (Wildman–Crippen MR) is 114 cm³/mol. The number of carbonyl (C=O) groups excluding carboxylic acids is 1. The van der Waals surface area contributed by atoms with Gasteiger partial charge >= 0.3 is 0 Å². The Balaban J connectivity index is 2.26. The third kappa shape index (κ3) is 5.87. The Morgan fingerprint density at radius 3 is 2.28 bits per heavy atom. The van der Waals surface area contributed by atoms with E-state index < -0.39 is 15.9 Å². The zero-order valence-corrected chi connectivity index (χ0v) is 18.2. The molecule has 1 N–H and O–H groups in total. The number of benzene rings is 2. The Labute approximate surface area is 172 Å². The van der Waals surface area contributed by atoms with Crippen LogP contribution in [0.2, 0.25) is 0 Å². The topological polar surface area (TPSA) is 84.9 Å². The number of carbonyl (C=O) groups is 1. The van der Waals surface area contributed by atoms with Gasteiger partial charge in [-0.3, -0.25) is 9.10 Å². The number of sulfonamides is 1. The largest absolute Gasteiger partial charge is 0.497 e. The molecule has 1 atom stereocenters. The van der Waals surface area contributed by atoms with Gasteiger partial charge in [0.25, 0.3) is 0 Å². The summed E-state index contributed by atoms with van der Waals surface area (Å²) >= 11 is 0. The Morgan fingerprint density at radius 2 is 1.76 bits per heavy atom. The molecule has 158 valence electrons. The van der Waals surface area contributed by atoms with Crippen molar-refractivity contribution in [2.75, 3.05) is 31.3 Å². The van der Waals surface area contributed by atoms with Crippen LogP contribution >= 0.6 is 0 Å². The molecule has 0 saturated carbocycles. The lowest BCUT2D eigenvalue weighted by Crippen LogP contribution is -2.41. The third-order valence-corrected chi connectivity index (χ3v) is 5.69. The number of methoxy groups -OCH3 is 2. The Bertz CT molecular complexity index is 942. The first-order chi connectivity index (χ1) is 13.7. The highest BCUT2D eigenvalue weighted by Gasteiger charge is 2.25. The molecule has 0 fully saturated rings. The summed E-state index contributed by atoms with van der Waals surface area (Å²) in [5.41, 5.74) is 2.37. The summed E-state index contributed by atoms with van der Waals surface area (Å²) in [6.07, 6.45) is 1.74. The van der Waals surface area contributed by atoms with E-state index in [1.807, 2.05) is 38.1 Å². The quantitative estimate of drug-likeness (QED) is 0.674. The highest BCUT2D eigenvalue weighted by atomic mass is 32.2. The lowest BCUT2D eigenvalue weighted by molar-refractivity contribution is -0.120.